The fraction of sp³-hybridized carbons (Fsp3) is 0.297. The summed E-state index contributed by atoms with van der Waals surface area (Å²) < 4.78 is 12.8. The van der Waals surface area contributed by atoms with Crippen LogP contribution >= 0.6 is 11.8 Å². The molecule has 0 bridgehead atoms. The van der Waals surface area contributed by atoms with Gasteiger partial charge in [0.15, 0.2) is 6.29 Å². The molecule has 1 saturated heterocycles. The van der Waals surface area contributed by atoms with Crippen molar-refractivity contribution in [2.24, 2.45) is 0 Å². The third kappa shape index (κ3) is 10.4. The number of carboxylic acids is 1. The van der Waals surface area contributed by atoms with Gasteiger partial charge in [-0.25, -0.2) is 9.78 Å². The number of aromatic nitrogens is 1. The van der Waals surface area contributed by atoms with Gasteiger partial charge in [0.1, 0.15) is 5.03 Å². The van der Waals surface area contributed by atoms with Gasteiger partial charge in [0.05, 0.1) is 35.8 Å². The largest absolute Gasteiger partial charge is 0.478 e. The third-order valence-electron chi connectivity index (χ3n) is 8.01. The molecule has 5 rings (SSSR count). The highest BCUT2D eigenvalue weighted by Gasteiger charge is 2.33. The highest BCUT2D eigenvalue weighted by atomic mass is 32.2. The van der Waals surface area contributed by atoms with Crippen LogP contribution in [0.15, 0.2) is 96.2 Å². The van der Waals surface area contributed by atoms with Gasteiger partial charge in [0.25, 0.3) is 0 Å². The van der Waals surface area contributed by atoms with E-state index in [1.807, 2.05) is 54.6 Å². The number of ether oxygens (including phenoxy) is 2. The van der Waals surface area contributed by atoms with E-state index >= 15 is 0 Å². The Morgan fingerprint density at radius 1 is 0.857 bits per heavy atom. The van der Waals surface area contributed by atoms with Gasteiger partial charge in [0.2, 0.25) is 11.8 Å². The van der Waals surface area contributed by atoms with E-state index in [0.29, 0.717) is 59.9 Å². The second-order valence-corrected chi connectivity index (χ2v) is 12.7. The molecule has 49 heavy (non-hydrogen) atoms. The lowest BCUT2D eigenvalue weighted by Gasteiger charge is -2.36. The van der Waals surface area contributed by atoms with Gasteiger partial charge in [-0.1, -0.05) is 55.0 Å². The molecular weight excluding hydrogens is 644 g/mol. The fourth-order valence-corrected chi connectivity index (χ4v) is 6.43. The van der Waals surface area contributed by atoms with Gasteiger partial charge >= 0.3 is 5.97 Å². The van der Waals surface area contributed by atoms with Gasteiger partial charge < -0.3 is 36.1 Å². The zero-order valence-electron chi connectivity index (χ0n) is 26.9. The molecule has 6 N–H and O–H groups in total. The first-order chi connectivity index (χ1) is 23.8. The van der Waals surface area contributed by atoms with Crippen molar-refractivity contribution >= 4 is 46.6 Å². The lowest BCUT2D eigenvalue weighted by Crippen LogP contribution is -2.31. The molecule has 4 aromatic rings. The number of aliphatic hydroxyl groups excluding tert-OH is 1. The average molecular weight is 685 g/mol. The Balaban J connectivity index is 1.17. The van der Waals surface area contributed by atoms with E-state index in [1.54, 1.807) is 30.5 Å². The van der Waals surface area contributed by atoms with Crippen molar-refractivity contribution < 1.29 is 34.1 Å². The van der Waals surface area contributed by atoms with Crippen LogP contribution in [-0.4, -0.2) is 44.8 Å². The van der Waals surface area contributed by atoms with Crippen LogP contribution in [0.5, 0.6) is 0 Å². The van der Waals surface area contributed by atoms with Crippen LogP contribution in [0.25, 0.3) is 0 Å². The number of nitrogens with zero attached hydrogens (tertiary/aromatic N) is 1. The van der Waals surface area contributed by atoms with E-state index in [2.05, 4.69) is 15.6 Å². The van der Waals surface area contributed by atoms with E-state index in [4.69, 9.17) is 15.2 Å². The number of thioether (sulfide) groups is 1. The van der Waals surface area contributed by atoms with Crippen molar-refractivity contribution in [2.75, 3.05) is 22.1 Å². The average Bonchev–Trinajstić information content (AvgIpc) is 3.11. The highest BCUT2D eigenvalue weighted by molar-refractivity contribution is 7.99. The summed E-state index contributed by atoms with van der Waals surface area (Å²) in [6, 6.07) is 25.1. The van der Waals surface area contributed by atoms with Crippen LogP contribution in [0.1, 0.15) is 78.0 Å². The number of hydrogen-bond acceptors (Lipinski definition) is 9. The third-order valence-corrected chi connectivity index (χ3v) is 9.14. The summed E-state index contributed by atoms with van der Waals surface area (Å²) in [6.45, 7) is -0.0624. The van der Waals surface area contributed by atoms with Crippen LogP contribution in [0, 0.1) is 0 Å². The number of unbranched alkanes of at least 4 members (excludes halogenated alkanes) is 2. The molecule has 0 unspecified atom stereocenters. The lowest BCUT2D eigenvalue weighted by atomic mass is 10.0. The van der Waals surface area contributed by atoms with Crippen LogP contribution in [-0.2, 0) is 25.7 Å². The number of carboxylic acid groups (broad SMARTS) is 1. The van der Waals surface area contributed by atoms with E-state index in [1.165, 1.54) is 17.8 Å². The van der Waals surface area contributed by atoms with Crippen molar-refractivity contribution in [3.8, 4) is 0 Å². The molecule has 1 fully saturated rings. The highest BCUT2D eigenvalue weighted by Crippen LogP contribution is 2.40. The fourth-order valence-electron chi connectivity index (χ4n) is 5.42. The molecule has 1 aliphatic heterocycles. The Labute approximate surface area is 289 Å². The van der Waals surface area contributed by atoms with Crippen LogP contribution < -0.4 is 16.4 Å². The Hall–Kier alpha value is -4.75. The summed E-state index contributed by atoms with van der Waals surface area (Å²) in [5.41, 5.74) is 10.2. The molecule has 0 saturated carbocycles. The quantitative estimate of drug-likeness (QED) is 0.0514. The van der Waals surface area contributed by atoms with E-state index < -0.39 is 12.3 Å². The number of aliphatic hydroxyl groups is 1. The summed E-state index contributed by atoms with van der Waals surface area (Å²) in [5, 5.41) is 25.3. The molecule has 3 aromatic carbocycles. The number of rotatable bonds is 15. The number of hydrogen-bond donors (Lipinski definition) is 5. The molecule has 2 heterocycles. The van der Waals surface area contributed by atoms with Crippen molar-refractivity contribution in [3.05, 3.63) is 113 Å². The number of carbonyl (C=O) groups is 3. The van der Waals surface area contributed by atoms with Crippen LogP contribution in [0.3, 0.4) is 0 Å². The Morgan fingerprint density at radius 3 is 2.35 bits per heavy atom. The van der Waals surface area contributed by atoms with Crippen LogP contribution in [0.2, 0.25) is 0 Å². The molecule has 12 heteroatoms. The Bertz CT molecular complexity index is 1740. The molecule has 0 aliphatic carbocycles. The topological polar surface area (TPSA) is 173 Å². The predicted molar refractivity (Wildman–Crippen MR) is 188 cm³/mol. The maximum Gasteiger partial charge on any atom is 0.338 e. The second-order valence-electron chi connectivity index (χ2n) is 11.7. The molecule has 3 atom stereocenters. The molecule has 0 radical (unpaired) electrons. The number of amides is 2. The normalized spacial score (nSPS) is 17.3. The molecule has 1 aromatic heterocycles. The zero-order valence-corrected chi connectivity index (χ0v) is 27.7. The summed E-state index contributed by atoms with van der Waals surface area (Å²) in [7, 11) is 0. The minimum Gasteiger partial charge on any atom is -0.478 e. The monoisotopic (exact) mass is 684 g/mol. The number of nitrogens with one attached hydrogen (secondary N) is 2. The van der Waals surface area contributed by atoms with E-state index in [0.717, 1.165) is 23.1 Å². The zero-order chi connectivity index (χ0) is 34.6. The van der Waals surface area contributed by atoms with E-state index in [-0.39, 0.29) is 36.2 Å². The number of anilines is 3. The van der Waals surface area contributed by atoms with Gasteiger partial charge in [-0.05, 0) is 60.4 Å². The first kappa shape index (κ1) is 35.6. The number of aromatic carboxylic acids is 1. The van der Waals surface area contributed by atoms with E-state index in [9.17, 15) is 24.6 Å². The first-order valence-corrected chi connectivity index (χ1v) is 17.1. The minimum atomic E-state index is -1.04. The van der Waals surface area contributed by atoms with Gasteiger partial charge in [-0.15, -0.1) is 11.8 Å². The molecular formula is C37H40N4O7S. The SMILES string of the molecule is Nc1ccccc1NC(=O)CCCCCC(=O)Nc1cccc([C@H]2O[C@@H](CSc3ncccc3C(=O)O)C[C@@H](c3ccc(CO)cc3)O2)c1. The number of nitrogens with two attached hydrogens (primary N) is 1. The molecule has 2 amide bonds. The van der Waals surface area contributed by atoms with Crippen LogP contribution in [0.4, 0.5) is 17.1 Å². The summed E-state index contributed by atoms with van der Waals surface area (Å²) >= 11 is 1.32. The molecule has 11 nitrogen and oxygen atoms in total. The molecule has 0 spiro atoms. The van der Waals surface area contributed by atoms with Gasteiger partial charge in [-0.3, -0.25) is 9.59 Å². The maximum atomic E-state index is 12.8. The van der Waals surface area contributed by atoms with Crippen molar-refractivity contribution in [1.29, 1.82) is 0 Å². The smallest absolute Gasteiger partial charge is 0.338 e. The second kappa shape index (κ2) is 17.6. The number of pyridine rings is 1. The minimum absolute atomic E-state index is 0.0624. The van der Waals surface area contributed by atoms with Gasteiger partial charge in [0, 0.05) is 42.5 Å². The lowest BCUT2D eigenvalue weighted by molar-refractivity contribution is -0.245. The summed E-state index contributed by atoms with van der Waals surface area (Å²) in [5.74, 6) is -0.844. The standard InChI is InChI=1S/C37H40N4O7S/c38-30-11-4-5-12-31(30)41-34(44)14-3-1-2-13-33(43)40-27-9-6-8-26(20-27)37-47-28(23-49-35-29(36(45)46)10-7-19-39-35)21-32(48-37)25-17-15-24(22-42)16-18-25/h4-12,15-20,28,32,37,42H,1-3,13-14,21-23,38H2,(H,40,43)(H,41,44)(H,45,46)/t28-,32+,37+/m1/s1. The maximum absolute atomic E-state index is 12.8. The summed E-state index contributed by atoms with van der Waals surface area (Å²) in [4.78, 5) is 41.0. The Morgan fingerprint density at radius 2 is 1.61 bits per heavy atom. The number of para-hydroxylation sites is 2. The molecule has 1 aliphatic rings. The summed E-state index contributed by atoms with van der Waals surface area (Å²) in [6.07, 6.45) is 3.37. The first-order valence-electron chi connectivity index (χ1n) is 16.1. The number of nitrogen functional groups attached to an aromatic ring is 1. The Kier molecular flexibility index (Phi) is 12.8. The van der Waals surface area contributed by atoms with Crippen molar-refractivity contribution in [1.82, 2.24) is 4.98 Å². The van der Waals surface area contributed by atoms with Gasteiger partial charge in [-0.2, -0.15) is 0 Å². The predicted octanol–water partition coefficient (Wildman–Crippen LogP) is 6.72. The number of carbonyl (C=O) groups excluding carboxylic acids is 2. The molecule has 256 valence electrons. The number of benzene rings is 3. The van der Waals surface area contributed by atoms with Crippen molar-refractivity contribution in [2.45, 2.75) is 68.7 Å². The van der Waals surface area contributed by atoms with Crippen molar-refractivity contribution in [3.63, 3.8) is 0 Å².